The number of aryl methyl sites for hydroxylation is 1. The van der Waals surface area contributed by atoms with E-state index in [0.29, 0.717) is 11.4 Å². The van der Waals surface area contributed by atoms with Crippen molar-refractivity contribution in [3.05, 3.63) is 60.3 Å². The minimum absolute atomic E-state index is 0.170. The van der Waals surface area contributed by atoms with E-state index in [4.69, 9.17) is 5.73 Å². The molecule has 3 aromatic rings. The van der Waals surface area contributed by atoms with Crippen LogP contribution in [0.1, 0.15) is 5.69 Å². The van der Waals surface area contributed by atoms with Crippen molar-refractivity contribution in [2.75, 3.05) is 10.5 Å². The van der Waals surface area contributed by atoms with E-state index in [1.54, 1.807) is 30.3 Å². The van der Waals surface area contributed by atoms with Gasteiger partial charge in [0.2, 0.25) is 0 Å². The molecule has 0 radical (unpaired) electrons. The van der Waals surface area contributed by atoms with Crippen molar-refractivity contribution in [2.45, 2.75) is 11.8 Å². The van der Waals surface area contributed by atoms with Crippen molar-refractivity contribution < 1.29 is 8.42 Å². The maximum Gasteiger partial charge on any atom is 0.261 e. The molecule has 0 spiro atoms. The highest BCUT2D eigenvalue weighted by Gasteiger charge is 2.14. The highest BCUT2D eigenvalue weighted by atomic mass is 32.2. The average Bonchev–Trinajstić information content (AvgIpc) is 2.47. The summed E-state index contributed by atoms with van der Waals surface area (Å²) < 4.78 is 27.2. The second-order valence-electron chi connectivity index (χ2n) is 5.03. The molecule has 5 nitrogen and oxygen atoms in total. The predicted molar refractivity (Wildman–Crippen MR) is 88.1 cm³/mol. The Bertz CT molecular complexity index is 935. The highest BCUT2D eigenvalue weighted by Crippen LogP contribution is 2.21. The molecule has 1 aromatic heterocycles. The van der Waals surface area contributed by atoms with Gasteiger partial charge < -0.3 is 5.73 Å². The van der Waals surface area contributed by atoms with Gasteiger partial charge in [-0.25, -0.2) is 8.42 Å². The molecule has 6 heteroatoms. The summed E-state index contributed by atoms with van der Waals surface area (Å²) in [5.41, 5.74) is 8.34. The van der Waals surface area contributed by atoms with Gasteiger partial charge in [-0.1, -0.05) is 6.07 Å². The third-order valence-corrected chi connectivity index (χ3v) is 4.67. The standard InChI is InChI=1S/C16H15N3O2S/c1-11-2-3-12-10-14(6-9-16(12)18-11)19-22(20,21)15-7-4-13(17)5-8-15/h2-10,19H,17H2,1H3. The number of benzene rings is 2. The maximum absolute atomic E-state index is 12.3. The largest absolute Gasteiger partial charge is 0.399 e. The third kappa shape index (κ3) is 2.87. The topological polar surface area (TPSA) is 85.1 Å². The Morgan fingerprint density at radius 3 is 2.45 bits per heavy atom. The van der Waals surface area contributed by atoms with Crippen molar-refractivity contribution in [2.24, 2.45) is 0 Å². The van der Waals surface area contributed by atoms with Gasteiger partial charge >= 0.3 is 0 Å². The molecule has 0 aliphatic heterocycles. The lowest BCUT2D eigenvalue weighted by atomic mass is 10.2. The minimum Gasteiger partial charge on any atom is -0.399 e. The fourth-order valence-electron chi connectivity index (χ4n) is 2.15. The summed E-state index contributed by atoms with van der Waals surface area (Å²) in [5, 5.41) is 0.878. The molecule has 3 rings (SSSR count). The quantitative estimate of drug-likeness (QED) is 0.728. The van der Waals surface area contributed by atoms with Crippen molar-refractivity contribution in [1.82, 2.24) is 4.98 Å². The SMILES string of the molecule is Cc1ccc2cc(NS(=O)(=O)c3ccc(N)cc3)ccc2n1. The fourth-order valence-corrected chi connectivity index (χ4v) is 3.20. The first-order chi connectivity index (χ1) is 10.4. The van der Waals surface area contributed by atoms with Gasteiger partial charge in [0.25, 0.3) is 10.0 Å². The average molecular weight is 313 g/mol. The second-order valence-corrected chi connectivity index (χ2v) is 6.72. The molecule has 0 unspecified atom stereocenters. The summed E-state index contributed by atoms with van der Waals surface area (Å²) in [4.78, 5) is 4.56. The Hall–Kier alpha value is -2.60. The van der Waals surface area contributed by atoms with Gasteiger partial charge in [0.1, 0.15) is 0 Å². The summed E-state index contributed by atoms with van der Waals surface area (Å²) in [7, 11) is -3.63. The van der Waals surface area contributed by atoms with Gasteiger partial charge in [0.15, 0.2) is 0 Å². The molecule has 22 heavy (non-hydrogen) atoms. The van der Waals surface area contributed by atoms with Crippen LogP contribution in [-0.2, 0) is 10.0 Å². The highest BCUT2D eigenvalue weighted by molar-refractivity contribution is 7.92. The number of sulfonamides is 1. The zero-order valence-corrected chi connectivity index (χ0v) is 12.8. The van der Waals surface area contributed by atoms with Crippen LogP contribution in [0.25, 0.3) is 10.9 Å². The Kier molecular flexibility index (Phi) is 3.46. The smallest absolute Gasteiger partial charge is 0.261 e. The predicted octanol–water partition coefficient (Wildman–Crippen LogP) is 2.93. The number of fused-ring (bicyclic) bond motifs is 1. The lowest BCUT2D eigenvalue weighted by molar-refractivity contribution is 0.601. The normalized spacial score (nSPS) is 11.5. The van der Waals surface area contributed by atoms with Crippen LogP contribution < -0.4 is 10.5 Å². The van der Waals surface area contributed by atoms with Crippen LogP contribution >= 0.6 is 0 Å². The molecule has 2 aromatic carbocycles. The summed E-state index contributed by atoms with van der Waals surface area (Å²) in [6, 6.07) is 15.1. The molecule has 112 valence electrons. The summed E-state index contributed by atoms with van der Waals surface area (Å²) >= 11 is 0. The van der Waals surface area contributed by atoms with Gasteiger partial charge in [-0.3, -0.25) is 9.71 Å². The van der Waals surface area contributed by atoms with Gasteiger partial charge in [-0.05, 0) is 55.5 Å². The Balaban J connectivity index is 1.95. The van der Waals surface area contributed by atoms with Crippen LogP contribution in [0, 0.1) is 6.92 Å². The van der Waals surface area contributed by atoms with Crippen molar-refractivity contribution in [3.8, 4) is 0 Å². The van der Waals surface area contributed by atoms with E-state index < -0.39 is 10.0 Å². The number of aromatic nitrogens is 1. The molecular formula is C16H15N3O2S. The molecule has 0 aliphatic rings. The summed E-state index contributed by atoms with van der Waals surface area (Å²) in [6.07, 6.45) is 0. The molecule has 0 bridgehead atoms. The van der Waals surface area contributed by atoms with Crippen molar-refractivity contribution in [3.63, 3.8) is 0 Å². The first kappa shape index (κ1) is 14.3. The van der Waals surface area contributed by atoms with E-state index in [-0.39, 0.29) is 4.90 Å². The maximum atomic E-state index is 12.3. The van der Waals surface area contributed by atoms with Crippen molar-refractivity contribution >= 4 is 32.3 Å². The van der Waals surface area contributed by atoms with Gasteiger partial charge in [-0.15, -0.1) is 0 Å². The zero-order valence-electron chi connectivity index (χ0n) is 11.9. The monoisotopic (exact) mass is 313 g/mol. The summed E-state index contributed by atoms with van der Waals surface area (Å²) in [6.45, 7) is 1.91. The van der Waals surface area contributed by atoms with Crippen LogP contribution in [0.3, 0.4) is 0 Å². The van der Waals surface area contributed by atoms with Gasteiger partial charge in [-0.2, -0.15) is 0 Å². The molecule has 0 saturated heterocycles. The first-order valence-electron chi connectivity index (χ1n) is 6.70. The van der Waals surface area contributed by atoms with Gasteiger partial charge in [0.05, 0.1) is 10.4 Å². The van der Waals surface area contributed by atoms with Crippen LogP contribution in [0.15, 0.2) is 59.5 Å². The number of nitrogen functional groups attached to an aromatic ring is 1. The number of anilines is 2. The van der Waals surface area contributed by atoms with Gasteiger partial charge in [0, 0.05) is 22.5 Å². The number of hydrogen-bond acceptors (Lipinski definition) is 4. The molecule has 0 saturated carbocycles. The summed E-state index contributed by atoms with van der Waals surface area (Å²) in [5.74, 6) is 0. The Morgan fingerprint density at radius 2 is 1.73 bits per heavy atom. The van der Waals surface area contributed by atoms with E-state index in [9.17, 15) is 8.42 Å². The van der Waals surface area contributed by atoms with Crippen LogP contribution in [0.4, 0.5) is 11.4 Å². The second kappa shape index (κ2) is 5.31. The van der Waals surface area contributed by atoms with Crippen LogP contribution in [0.2, 0.25) is 0 Å². The van der Waals surface area contributed by atoms with Crippen LogP contribution in [-0.4, -0.2) is 13.4 Å². The van der Waals surface area contributed by atoms with Crippen molar-refractivity contribution in [1.29, 1.82) is 0 Å². The fraction of sp³-hybridized carbons (Fsp3) is 0.0625. The van der Waals surface area contributed by atoms with E-state index in [0.717, 1.165) is 16.6 Å². The zero-order chi connectivity index (χ0) is 15.7. The number of nitrogens with two attached hydrogens (primary N) is 1. The molecule has 0 aliphatic carbocycles. The lowest BCUT2D eigenvalue weighted by Gasteiger charge is -2.09. The number of rotatable bonds is 3. The molecule has 3 N–H and O–H groups in total. The molecule has 0 amide bonds. The lowest BCUT2D eigenvalue weighted by Crippen LogP contribution is -2.12. The molecule has 0 atom stereocenters. The number of nitrogens with zero attached hydrogens (tertiary/aromatic N) is 1. The van der Waals surface area contributed by atoms with Crippen LogP contribution in [0.5, 0.6) is 0 Å². The molecule has 0 fully saturated rings. The Morgan fingerprint density at radius 1 is 1.00 bits per heavy atom. The molecular weight excluding hydrogens is 298 g/mol. The first-order valence-corrected chi connectivity index (χ1v) is 8.18. The number of pyridine rings is 1. The van der Waals surface area contributed by atoms with E-state index in [1.165, 1.54) is 12.1 Å². The Labute approximate surface area is 128 Å². The van der Waals surface area contributed by atoms with E-state index >= 15 is 0 Å². The van der Waals surface area contributed by atoms with E-state index in [1.807, 2.05) is 19.1 Å². The number of hydrogen-bond donors (Lipinski definition) is 2. The van der Waals surface area contributed by atoms with E-state index in [2.05, 4.69) is 9.71 Å². The minimum atomic E-state index is -3.63. The number of nitrogens with one attached hydrogen (secondary N) is 1. The third-order valence-electron chi connectivity index (χ3n) is 3.27. The molecule has 1 heterocycles.